The van der Waals surface area contributed by atoms with E-state index in [4.69, 9.17) is 0 Å². The minimum absolute atomic E-state index is 0.543. The Kier molecular flexibility index (Phi) is 7.58. The lowest BCUT2D eigenvalue weighted by atomic mass is 9.72. The topological polar surface area (TPSA) is 0 Å². The molecule has 0 aromatic rings. The predicted molar refractivity (Wildman–Crippen MR) is 122 cm³/mol. The molecule has 0 bridgehead atoms. The average Bonchev–Trinajstić information content (AvgIpc) is 3.47. The number of unbranched alkanes of at least 4 members (excludes halogenated alkanes) is 3. The number of hydrogen-bond acceptors (Lipinski definition) is 0. The normalized spacial score (nSPS) is 33.0. The van der Waals surface area contributed by atoms with Gasteiger partial charge in [0, 0.05) is 0 Å². The van der Waals surface area contributed by atoms with Crippen LogP contribution in [0.25, 0.3) is 0 Å². The van der Waals surface area contributed by atoms with Crippen molar-refractivity contribution in [1.82, 2.24) is 0 Å². The first-order valence-corrected chi connectivity index (χ1v) is 12.5. The highest BCUT2D eigenvalue weighted by atomic mass is 14.6. The van der Waals surface area contributed by atoms with Crippen molar-refractivity contribution in [3.05, 3.63) is 0 Å². The van der Waals surface area contributed by atoms with Gasteiger partial charge in [0.1, 0.15) is 0 Å². The molecular weight excluding hydrogens is 324 g/mol. The van der Waals surface area contributed by atoms with Gasteiger partial charge in [0.2, 0.25) is 0 Å². The first-order chi connectivity index (χ1) is 12.5. The van der Waals surface area contributed by atoms with Gasteiger partial charge >= 0.3 is 0 Å². The molecule has 0 saturated heterocycles. The van der Waals surface area contributed by atoms with Crippen LogP contribution in [0.15, 0.2) is 0 Å². The Bertz CT molecular complexity index is 459. The van der Waals surface area contributed by atoms with Crippen molar-refractivity contribution in [2.75, 3.05) is 0 Å². The molecule has 0 spiro atoms. The van der Waals surface area contributed by atoms with E-state index < -0.39 is 0 Å². The smallest absolute Gasteiger partial charge is 0.0289 e. The molecule has 0 nitrogen and oxygen atoms in total. The van der Waals surface area contributed by atoms with Crippen molar-refractivity contribution in [1.29, 1.82) is 0 Å². The van der Waals surface area contributed by atoms with E-state index in [0.29, 0.717) is 16.2 Å². The molecule has 0 heteroatoms. The standard InChI is InChI=1S/C27H52/c1-10-12-13-14-15-25(5,6)19-27(9)18-22(27)16-20(3)23-17-24(23)26(7,8)21(4)11-2/h20-24H,10-19H2,1-9H3. The van der Waals surface area contributed by atoms with Crippen LogP contribution in [0, 0.1) is 45.8 Å². The molecular formula is C27H52. The molecule has 6 unspecified atom stereocenters. The minimum atomic E-state index is 0.543. The molecule has 2 saturated carbocycles. The van der Waals surface area contributed by atoms with Gasteiger partial charge in [-0.1, -0.05) is 94.4 Å². The van der Waals surface area contributed by atoms with E-state index in [9.17, 15) is 0 Å². The summed E-state index contributed by atoms with van der Waals surface area (Å²) in [6.07, 6.45) is 14.4. The van der Waals surface area contributed by atoms with Crippen molar-refractivity contribution in [3.8, 4) is 0 Å². The predicted octanol–water partition coefficient (Wildman–Crippen LogP) is 9.13. The third kappa shape index (κ3) is 5.99. The van der Waals surface area contributed by atoms with Crippen molar-refractivity contribution in [2.24, 2.45) is 45.8 Å². The minimum Gasteiger partial charge on any atom is -0.0654 e. The van der Waals surface area contributed by atoms with Crippen LogP contribution in [0.3, 0.4) is 0 Å². The maximum Gasteiger partial charge on any atom is -0.0289 e. The van der Waals surface area contributed by atoms with Gasteiger partial charge in [0.25, 0.3) is 0 Å². The van der Waals surface area contributed by atoms with Crippen LogP contribution >= 0.6 is 0 Å². The van der Waals surface area contributed by atoms with E-state index in [1.54, 1.807) is 0 Å². The average molecular weight is 377 g/mol. The van der Waals surface area contributed by atoms with E-state index in [-0.39, 0.29) is 0 Å². The zero-order chi connectivity index (χ0) is 20.5. The van der Waals surface area contributed by atoms with E-state index in [1.165, 1.54) is 64.2 Å². The van der Waals surface area contributed by atoms with Crippen LogP contribution in [0.5, 0.6) is 0 Å². The van der Waals surface area contributed by atoms with Crippen molar-refractivity contribution < 1.29 is 0 Å². The Morgan fingerprint density at radius 3 is 2.26 bits per heavy atom. The Morgan fingerprint density at radius 1 is 1.00 bits per heavy atom. The molecule has 0 heterocycles. The summed E-state index contributed by atoms with van der Waals surface area (Å²) in [5.74, 6) is 4.82. The second-order valence-corrected chi connectivity index (χ2v) is 12.6. The number of rotatable bonds is 13. The second kappa shape index (κ2) is 8.79. The maximum absolute atomic E-state index is 2.60. The van der Waals surface area contributed by atoms with Gasteiger partial charge in [-0.2, -0.15) is 0 Å². The van der Waals surface area contributed by atoms with Crippen LogP contribution < -0.4 is 0 Å². The highest BCUT2D eigenvalue weighted by Gasteiger charge is 2.56. The summed E-state index contributed by atoms with van der Waals surface area (Å²) in [4.78, 5) is 0. The van der Waals surface area contributed by atoms with Gasteiger partial charge in [0.05, 0.1) is 0 Å². The fourth-order valence-corrected chi connectivity index (χ4v) is 6.51. The molecule has 0 aromatic carbocycles. The van der Waals surface area contributed by atoms with Crippen LogP contribution in [0.4, 0.5) is 0 Å². The third-order valence-electron chi connectivity index (χ3n) is 9.19. The lowest BCUT2D eigenvalue weighted by molar-refractivity contribution is 0.164. The zero-order valence-electron chi connectivity index (χ0n) is 20.5. The summed E-state index contributed by atoms with van der Waals surface area (Å²) >= 11 is 0. The van der Waals surface area contributed by atoms with Gasteiger partial charge < -0.3 is 0 Å². The maximum atomic E-state index is 2.60. The summed E-state index contributed by atoms with van der Waals surface area (Å²) in [7, 11) is 0. The lowest BCUT2D eigenvalue weighted by Crippen LogP contribution is -2.25. The molecule has 0 amide bonds. The van der Waals surface area contributed by atoms with Gasteiger partial charge in [0.15, 0.2) is 0 Å². The van der Waals surface area contributed by atoms with E-state index >= 15 is 0 Å². The second-order valence-electron chi connectivity index (χ2n) is 12.6. The summed E-state index contributed by atoms with van der Waals surface area (Å²) < 4.78 is 0. The van der Waals surface area contributed by atoms with Crippen LogP contribution in [0.1, 0.15) is 127 Å². The van der Waals surface area contributed by atoms with Gasteiger partial charge in [-0.15, -0.1) is 0 Å². The van der Waals surface area contributed by atoms with Crippen molar-refractivity contribution in [2.45, 2.75) is 127 Å². The monoisotopic (exact) mass is 376 g/mol. The van der Waals surface area contributed by atoms with Gasteiger partial charge in [-0.25, -0.2) is 0 Å². The first kappa shape index (κ1) is 23.3. The van der Waals surface area contributed by atoms with Crippen molar-refractivity contribution >= 4 is 0 Å². The van der Waals surface area contributed by atoms with Gasteiger partial charge in [-0.05, 0) is 77.9 Å². The van der Waals surface area contributed by atoms with Gasteiger partial charge in [-0.3, -0.25) is 0 Å². The molecule has 2 aliphatic carbocycles. The largest absolute Gasteiger partial charge is 0.0654 e. The van der Waals surface area contributed by atoms with E-state index in [0.717, 1.165) is 29.6 Å². The Balaban J connectivity index is 1.76. The molecule has 2 rings (SSSR count). The van der Waals surface area contributed by atoms with Crippen LogP contribution in [-0.2, 0) is 0 Å². The summed E-state index contributed by atoms with van der Waals surface area (Å²) in [5, 5.41) is 0. The number of hydrogen-bond donors (Lipinski definition) is 0. The Morgan fingerprint density at radius 2 is 1.67 bits per heavy atom. The summed E-state index contributed by atoms with van der Waals surface area (Å²) in [5.41, 5.74) is 1.74. The molecule has 0 aliphatic heterocycles. The summed E-state index contributed by atoms with van der Waals surface area (Å²) in [6, 6.07) is 0. The lowest BCUT2D eigenvalue weighted by Gasteiger charge is -2.33. The molecule has 2 fully saturated rings. The first-order valence-electron chi connectivity index (χ1n) is 12.5. The highest BCUT2D eigenvalue weighted by Crippen LogP contribution is 2.64. The quantitative estimate of drug-likeness (QED) is 0.281. The zero-order valence-corrected chi connectivity index (χ0v) is 20.5. The molecule has 2 aliphatic rings. The van der Waals surface area contributed by atoms with Crippen molar-refractivity contribution in [3.63, 3.8) is 0 Å². The van der Waals surface area contributed by atoms with E-state index in [2.05, 4.69) is 62.3 Å². The molecule has 0 N–H and O–H groups in total. The fraction of sp³-hybridized carbons (Fsp3) is 1.00. The Labute approximate surface area is 172 Å². The van der Waals surface area contributed by atoms with Crippen LogP contribution in [0.2, 0.25) is 0 Å². The fourth-order valence-electron chi connectivity index (χ4n) is 6.51. The molecule has 27 heavy (non-hydrogen) atoms. The van der Waals surface area contributed by atoms with E-state index in [1.807, 2.05) is 0 Å². The SMILES string of the molecule is CCCCCCC(C)(C)CC1(C)CC1CC(C)C1CC1C(C)(C)C(C)CC. The molecule has 160 valence electrons. The molecule has 0 aromatic heterocycles. The highest BCUT2D eigenvalue weighted by molar-refractivity contribution is 5.05. The summed E-state index contributed by atoms with van der Waals surface area (Å²) in [6.45, 7) is 22.5. The third-order valence-corrected chi connectivity index (χ3v) is 9.19. The Hall–Kier alpha value is 0. The molecule has 6 atom stereocenters. The molecule has 0 radical (unpaired) electrons. The van der Waals surface area contributed by atoms with Crippen LogP contribution in [-0.4, -0.2) is 0 Å².